The molecular weight excluding hydrogens is 438 g/mol. The van der Waals surface area contributed by atoms with Crippen LogP contribution < -0.4 is 5.32 Å². The molecule has 6 nitrogen and oxygen atoms in total. The molecule has 1 fully saturated rings. The Morgan fingerprint density at radius 1 is 0.943 bits per heavy atom. The molecule has 178 valence electrons. The Hall–Kier alpha value is -3.93. The third-order valence-electron chi connectivity index (χ3n) is 6.93. The monoisotopic (exact) mass is 467 g/mol. The van der Waals surface area contributed by atoms with Crippen LogP contribution in [0.3, 0.4) is 0 Å². The van der Waals surface area contributed by atoms with Crippen molar-refractivity contribution < 1.29 is 14.7 Å². The van der Waals surface area contributed by atoms with Crippen LogP contribution in [0, 0.1) is 5.41 Å². The van der Waals surface area contributed by atoms with E-state index in [0.29, 0.717) is 24.9 Å². The fourth-order valence-corrected chi connectivity index (χ4v) is 5.80. The lowest BCUT2D eigenvalue weighted by atomic mass is 9.57. The van der Waals surface area contributed by atoms with E-state index >= 15 is 0 Å². The topological polar surface area (TPSA) is 84.2 Å². The molecule has 5 rings (SSSR count). The minimum Gasteiger partial charge on any atom is -0.481 e. The number of rotatable bonds is 7. The van der Waals surface area contributed by atoms with E-state index in [1.807, 2.05) is 54.9 Å². The van der Waals surface area contributed by atoms with Gasteiger partial charge >= 0.3 is 5.97 Å². The van der Waals surface area contributed by atoms with Crippen molar-refractivity contribution in [2.75, 3.05) is 0 Å². The Kier molecular flexibility index (Phi) is 5.67. The number of aliphatic carboxylic acids is 1. The second-order valence-electron chi connectivity index (χ2n) is 10.4. The van der Waals surface area contributed by atoms with E-state index in [1.165, 1.54) is 5.56 Å². The van der Waals surface area contributed by atoms with Gasteiger partial charge in [-0.15, -0.1) is 0 Å². The van der Waals surface area contributed by atoms with Crippen LogP contribution in [0.5, 0.6) is 0 Å². The maximum Gasteiger partial charge on any atom is 0.303 e. The van der Waals surface area contributed by atoms with Gasteiger partial charge < -0.3 is 10.4 Å². The molecule has 0 aliphatic heterocycles. The number of nitrogens with zero attached hydrogens (tertiary/aromatic N) is 2. The molecule has 1 aliphatic rings. The molecule has 1 saturated carbocycles. The predicted octanol–water partition coefficient (Wildman–Crippen LogP) is 5.51. The van der Waals surface area contributed by atoms with Crippen molar-refractivity contribution in [1.29, 1.82) is 0 Å². The molecular formula is C29H29N3O3. The molecule has 1 aliphatic carbocycles. The third kappa shape index (κ3) is 4.69. The summed E-state index contributed by atoms with van der Waals surface area (Å²) in [6.07, 6.45) is 3.19. The molecule has 0 saturated heterocycles. The molecule has 0 unspecified atom stereocenters. The zero-order chi connectivity index (χ0) is 24.6. The number of carbonyl (C=O) groups excluding carboxylic acids is 1. The minimum atomic E-state index is -0.800. The van der Waals surface area contributed by atoms with E-state index < -0.39 is 11.5 Å². The molecule has 1 amide bonds. The number of hydrogen-bond acceptors (Lipinski definition) is 3. The Labute approximate surface area is 204 Å². The summed E-state index contributed by atoms with van der Waals surface area (Å²) in [4.78, 5) is 24.5. The number of carboxylic acid groups (broad SMARTS) is 1. The summed E-state index contributed by atoms with van der Waals surface area (Å²) in [5, 5.41) is 17.8. The summed E-state index contributed by atoms with van der Waals surface area (Å²) in [5.41, 5.74) is 4.10. The summed E-state index contributed by atoms with van der Waals surface area (Å²) in [5.74, 6) is -0.956. The summed E-state index contributed by atoms with van der Waals surface area (Å²) in [7, 11) is 0. The Balaban J connectivity index is 1.36. The van der Waals surface area contributed by atoms with Gasteiger partial charge in [-0.3, -0.25) is 14.3 Å². The quantitative estimate of drug-likeness (QED) is 0.375. The first kappa shape index (κ1) is 22.8. The second-order valence-corrected chi connectivity index (χ2v) is 10.4. The molecule has 2 N–H and O–H groups in total. The minimum absolute atomic E-state index is 0.115. The number of carboxylic acids is 1. The average Bonchev–Trinajstić information content (AvgIpc) is 3.21. The van der Waals surface area contributed by atoms with E-state index in [-0.39, 0.29) is 17.7 Å². The average molecular weight is 468 g/mol. The first-order valence-corrected chi connectivity index (χ1v) is 11.9. The molecule has 0 atom stereocenters. The first-order chi connectivity index (χ1) is 16.7. The fraction of sp³-hybridized carbons (Fsp3) is 0.276. The normalized spacial score (nSPS) is 21.4. The molecule has 3 aromatic carbocycles. The standard InChI is InChI=1S/C29H29N3O3/c1-28(15-25(33)34)18-29(2,19-28)31-27(35)24-10-6-9-23-16-30-32(26(23)24)17-20-11-13-22(14-12-20)21-7-4-3-5-8-21/h3-14,16H,15,17-19H2,1-2H3,(H,31,35)(H,33,34). The number of amides is 1. The first-order valence-electron chi connectivity index (χ1n) is 11.9. The Morgan fingerprint density at radius 2 is 1.63 bits per heavy atom. The molecule has 35 heavy (non-hydrogen) atoms. The van der Waals surface area contributed by atoms with Crippen molar-refractivity contribution in [3.63, 3.8) is 0 Å². The predicted molar refractivity (Wildman–Crippen MR) is 136 cm³/mol. The fourth-order valence-electron chi connectivity index (χ4n) is 5.80. The van der Waals surface area contributed by atoms with Crippen molar-refractivity contribution in [3.8, 4) is 11.1 Å². The summed E-state index contributed by atoms with van der Waals surface area (Å²) >= 11 is 0. The molecule has 1 heterocycles. The van der Waals surface area contributed by atoms with Crippen LogP contribution in [0.15, 0.2) is 79.0 Å². The second kappa shape index (κ2) is 8.69. The lowest BCUT2D eigenvalue weighted by molar-refractivity contribution is -0.142. The highest BCUT2D eigenvalue weighted by molar-refractivity contribution is 6.06. The van der Waals surface area contributed by atoms with Crippen LogP contribution in [0.2, 0.25) is 0 Å². The number of fused-ring (bicyclic) bond motifs is 1. The SMILES string of the molecule is CC1(CC(=O)O)CC(C)(NC(=O)c2cccc3cnn(Cc4ccc(-c5ccccc5)cc4)c23)C1. The van der Waals surface area contributed by atoms with Crippen LogP contribution in [0.25, 0.3) is 22.0 Å². The molecule has 6 heteroatoms. The Morgan fingerprint density at radius 3 is 2.31 bits per heavy atom. The summed E-state index contributed by atoms with van der Waals surface area (Å²) < 4.78 is 1.87. The van der Waals surface area contributed by atoms with E-state index in [4.69, 9.17) is 5.11 Å². The highest BCUT2D eigenvalue weighted by Gasteiger charge is 2.50. The van der Waals surface area contributed by atoms with Crippen LogP contribution in [0.1, 0.15) is 49.0 Å². The van der Waals surface area contributed by atoms with Crippen LogP contribution in [-0.2, 0) is 11.3 Å². The lowest BCUT2D eigenvalue weighted by Crippen LogP contribution is -2.59. The summed E-state index contributed by atoms with van der Waals surface area (Å²) in [6, 6.07) is 24.3. The van der Waals surface area contributed by atoms with Gasteiger partial charge in [0.1, 0.15) is 0 Å². The number of nitrogens with one attached hydrogen (secondary N) is 1. The van der Waals surface area contributed by atoms with Crippen molar-refractivity contribution >= 4 is 22.8 Å². The molecule has 0 spiro atoms. The molecule has 4 aromatic rings. The van der Waals surface area contributed by atoms with Gasteiger partial charge in [-0.05, 0) is 47.9 Å². The number of benzene rings is 3. The van der Waals surface area contributed by atoms with Crippen molar-refractivity contribution in [2.45, 2.75) is 45.2 Å². The maximum atomic E-state index is 13.3. The van der Waals surface area contributed by atoms with Gasteiger partial charge in [0.2, 0.25) is 0 Å². The number of hydrogen-bond donors (Lipinski definition) is 2. The molecule has 0 radical (unpaired) electrons. The largest absolute Gasteiger partial charge is 0.481 e. The van der Waals surface area contributed by atoms with Crippen molar-refractivity contribution in [3.05, 3.63) is 90.1 Å². The molecule has 0 bridgehead atoms. The number of carbonyl (C=O) groups is 2. The van der Waals surface area contributed by atoms with Gasteiger partial charge in [0.25, 0.3) is 5.91 Å². The number of para-hydroxylation sites is 1. The van der Waals surface area contributed by atoms with Gasteiger partial charge in [-0.1, -0.05) is 73.7 Å². The highest BCUT2D eigenvalue weighted by Crippen LogP contribution is 2.50. The van der Waals surface area contributed by atoms with Crippen molar-refractivity contribution in [2.24, 2.45) is 5.41 Å². The van der Waals surface area contributed by atoms with Gasteiger partial charge in [0.15, 0.2) is 0 Å². The zero-order valence-corrected chi connectivity index (χ0v) is 20.0. The van der Waals surface area contributed by atoms with E-state index in [2.05, 4.69) is 46.8 Å². The number of aromatic nitrogens is 2. The third-order valence-corrected chi connectivity index (χ3v) is 6.93. The van der Waals surface area contributed by atoms with Gasteiger partial charge in [-0.25, -0.2) is 0 Å². The maximum absolute atomic E-state index is 13.3. The smallest absolute Gasteiger partial charge is 0.303 e. The Bertz CT molecular complexity index is 1380. The van der Waals surface area contributed by atoms with Crippen LogP contribution >= 0.6 is 0 Å². The van der Waals surface area contributed by atoms with E-state index in [0.717, 1.165) is 22.0 Å². The lowest BCUT2D eigenvalue weighted by Gasteiger charge is -2.52. The van der Waals surface area contributed by atoms with Crippen LogP contribution in [-0.4, -0.2) is 32.3 Å². The van der Waals surface area contributed by atoms with E-state index in [9.17, 15) is 9.59 Å². The van der Waals surface area contributed by atoms with Gasteiger partial charge in [-0.2, -0.15) is 5.10 Å². The highest BCUT2D eigenvalue weighted by atomic mass is 16.4. The molecule has 1 aromatic heterocycles. The zero-order valence-electron chi connectivity index (χ0n) is 20.0. The van der Waals surface area contributed by atoms with Crippen molar-refractivity contribution in [1.82, 2.24) is 15.1 Å². The summed E-state index contributed by atoms with van der Waals surface area (Å²) in [6.45, 7) is 4.50. The van der Waals surface area contributed by atoms with Gasteiger partial charge in [0.05, 0.1) is 30.2 Å². The van der Waals surface area contributed by atoms with E-state index in [1.54, 1.807) is 6.20 Å². The van der Waals surface area contributed by atoms with Gasteiger partial charge in [0, 0.05) is 10.9 Å². The van der Waals surface area contributed by atoms with Crippen LogP contribution in [0.4, 0.5) is 0 Å².